The SMILES string of the molecule is CN1CCN(C(=O)c2ccnc(N3CCCC3)c2)CC(C(N)=O)C1. The van der Waals surface area contributed by atoms with Gasteiger partial charge in [0.05, 0.1) is 5.92 Å². The number of anilines is 1. The number of hydrogen-bond donors (Lipinski definition) is 1. The van der Waals surface area contributed by atoms with E-state index >= 15 is 0 Å². The summed E-state index contributed by atoms with van der Waals surface area (Å²) in [5.74, 6) is 0.117. The molecule has 7 nitrogen and oxygen atoms in total. The number of rotatable bonds is 3. The van der Waals surface area contributed by atoms with Crippen LogP contribution in [0.1, 0.15) is 23.2 Å². The quantitative estimate of drug-likeness (QED) is 0.854. The zero-order valence-corrected chi connectivity index (χ0v) is 14.1. The van der Waals surface area contributed by atoms with Crippen molar-refractivity contribution < 1.29 is 9.59 Å². The van der Waals surface area contributed by atoms with E-state index in [1.165, 1.54) is 12.8 Å². The highest BCUT2D eigenvalue weighted by Crippen LogP contribution is 2.20. The van der Waals surface area contributed by atoms with Gasteiger partial charge in [-0.2, -0.15) is 0 Å². The molecule has 1 unspecified atom stereocenters. The maximum atomic E-state index is 12.9. The first kappa shape index (κ1) is 16.7. The highest BCUT2D eigenvalue weighted by Gasteiger charge is 2.28. The number of carbonyl (C=O) groups excluding carboxylic acids is 2. The second-order valence-electron chi connectivity index (χ2n) is 6.71. The molecule has 0 aliphatic carbocycles. The highest BCUT2D eigenvalue weighted by molar-refractivity contribution is 5.95. The molecule has 2 aliphatic rings. The van der Waals surface area contributed by atoms with E-state index in [9.17, 15) is 9.59 Å². The van der Waals surface area contributed by atoms with Crippen molar-refractivity contribution >= 4 is 17.6 Å². The van der Waals surface area contributed by atoms with Gasteiger partial charge < -0.3 is 20.4 Å². The van der Waals surface area contributed by atoms with Gasteiger partial charge in [-0.25, -0.2) is 4.98 Å². The third kappa shape index (κ3) is 3.67. The molecule has 0 aromatic carbocycles. The van der Waals surface area contributed by atoms with Crippen molar-refractivity contribution in [2.24, 2.45) is 11.7 Å². The summed E-state index contributed by atoms with van der Waals surface area (Å²) in [4.78, 5) is 34.9. The van der Waals surface area contributed by atoms with Gasteiger partial charge in [0, 0.05) is 51.0 Å². The molecular formula is C17H25N5O2. The summed E-state index contributed by atoms with van der Waals surface area (Å²) in [6.45, 7) is 4.28. The van der Waals surface area contributed by atoms with Crippen molar-refractivity contribution in [3.05, 3.63) is 23.9 Å². The Labute approximate surface area is 142 Å². The minimum atomic E-state index is -0.353. The lowest BCUT2D eigenvalue weighted by molar-refractivity contribution is -0.122. The van der Waals surface area contributed by atoms with Gasteiger partial charge in [0.15, 0.2) is 0 Å². The predicted octanol–water partition coefficient (Wildman–Crippen LogP) is 0.171. The van der Waals surface area contributed by atoms with Crippen LogP contribution < -0.4 is 10.6 Å². The summed E-state index contributed by atoms with van der Waals surface area (Å²) in [6, 6.07) is 3.61. The number of hydrogen-bond acceptors (Lipinski definition) is 5. The van der Waals surface area contributed by atoms with Gasteiger partial charge in [0.2, 0.25) is 5.91 Å². The van der Waals surface area contributed by atoms with E-state index in [0.29, 0.717) is 25.2 Å². The third-order valence-corrected chi connectivity index (χ3v) is 4.84. The Morgan fingerprint density at radius 3 is 2.62 bits per heavy atom. The van der Waals surface area contributed by atoms with Gasteiger partial charge in [-0.15, -0.1) is 0 Å². The van der Waals surface area contributed by atoms with Crippen LogP contribution in [0.15, 0.2) is 18.3 Å². The van der Waals surface area contributed by atoms with Crippen LogP contribution in [0.2, 0.25) is 0 Å². The molecule has 1 aromatic heterocycles. The summed E-state index contributed by atoms with van der Waals surface area (Å²) in [5.41, 5.74) is 6.11. The van der Waals surface area contributed by atoms with Crippen LogP contribution in [0.4, 0.5) is 5.82 Å². The average Bonchev–Trinajstić information content (AvgIpc) is 3.04. The van der Waals surface area contributed by atoms with Gasteiger partial charge in [0.1, 0.15) is 5.82 Å². The van der Waals surface area contributed by atoms with Crippen molar-refractivity contribution in [3.8, 4) is 0 Å². The Morgan fingerprint density at radius 2 is 1.92 bits per heavy atom. The van der Waals surface area contributed by atoms with Crippen molar-refractivity contribution in [1.82, 2.24) is 14.8 Å². The molecule has 2 saturated heterocycles. The molecule has 3 rings (SSSR count). The summed E-state index contributed by atoms with van der Waals surface area (Å²) in [6.07, 6.45) is 4.02. The van der Waals surface area contributed by atoms with Gasteiger partial charge in [-0.3, -0.25) is 9.59 Å². The topological polar surface area (TPSA) is 82.8 Å². The fraction of sp³-hybridized carbons (Fsp3) is 0.588. The summed E-state index contributed by atoms with van der Waals surface area (Å²) in [5, 5.41) is 0. The molecule has 130 valence electrons. The Morgan fingerprint density at radius 1 is 1.17 bits per heavy atom. The zero-order chi connectivity index (χ0) is 17.1. The van der Waals surface area contributed by atoms with Gasteiger partial charge in [-0.1, -0.05) is 0 Å². The van der Waals surface area contributed by atoms with Crippen molar-refractivity contribution in [1.29, 1.82) is 0 Å². The molecule has 3 heterocycles. The van der Waals surface area contributed by atoms with Crippen LogP contribution in [-0.4, -0.2) is 72.9 Å². The first-order chi connectivity index (χ1) is 11.5. The van der Waals surface area contributed by atoms with E-state index in [1.54, 1.807) is 17.2 Å². The van der Waals surface area contributed by atoms with Crippen LogP contribution in [0.5, 0.6) is 0 Å². The second-order valence-corrected chi connectivity index (χ2v) is 6.71. The number of likely N-dealkylation sites (N-methyl/N-ethyl adjacent to an activating group) is 1. The molecule has 0 spiro atoms. The fourth-order valence-corrected chi connectivity index (χ4v) is 3.39. The Balaban J connectivity index is 1.77. The molecule has 0 bridgehead atoms. The molecule has 2 amide bonds. The standard InChI is InChI=1S/C17H25N5O2/c1-20-8-9-22(12-14(11-20)16(18)23)17(24)13-4-5-19-15(10-13)21-6-2-3-7-21/h4-5,10,14H,2-3,6-9,11-12H2,1H3,(H2,18,23). The number of carbonyl (C=O) groups is 2. The number of amides is 2. The van der Waals surface area contributed by atoms with Crippen LogP contribution in [0.3, 0.4) is 0 Å². The fourth-order valence-electron chi connectivity index (χ4n) is 3.39. The highest BCUT2D eigenvalue weighted by atomic mass is 16.2. The van der Waals surface area contributed by atoms with Gasteiger partial charge >= 0.3 is 0 Å². The summed E-state index contributed by atoms with van der Waals surface area (Å²) in [7, 11) is 1.95. The van der Waals surface area contributed by atoms with Crippen molar-refractivity contribution in [2.45, 2.75) is 12.8 Å². The first-order valence-corrected chi connectivity index (χ1v) is 8.53. The third-order valence-electron chi connectivity index (χ3n) is 4.84. The molecule has 0 saturated carbocycles. The lowest BCUT2D eigenvalue weighted by atomic mass is 10.1. The Kier molecular flexibility index (Phi) is 4.99. The second kappa shape index (κ2) is 7.17. The van der Waals surface area contributed by atoms with E-state index in [-0.39, 0.29) is 17.7 Å². The lowest BCUT2D eigenvalue weighted by Gasteiger charge is -2.23. The number of aromatic nitrogens is 1. The number of pyridine rings is 1. The van der Waals surface area contributed by atoms with Crippen LogP contribution >= 0.6 is 0 Å². The maximum Gasteiger partial charge on any atom is 0.254 e. The molecule has 2 aliphatic heterocycles. The van der Waals surface area contributed by atoms with E-state index in [2.05, 4.69) is 9.88 Å². The van der Waals surface area contributed by atoms with Gasteiger partial charge in [-0.05, 0) is 32.0 Å². The first-order valence-electron chi connectivity index (χ1n) is 8.53. The Bertz CT molecular complexity index is 615. The van der Waals surface area contributed by atoms with E-state index < -0.39 is 0 Å². The largest absolute Gasteiger partial charge is 0.369 e. The molecule has 7 heteroatoms. The predicted molar refractivity (Wildman–Crippen MR) is 91.8 cm³/mol. The number of primary amides is 1. The summed E-state index contributed by atoms with van der Waals surface area (Å²) >= 11 is 0. The average molecular weight is 331 g/mol. The summed E-state index contributed by atoms with van der Waals surface area (Å²) < 4.78 is 0. The smallest absolute Gasteiger partial charge is 0.254 e. The molecule has 1 aromatic rings. The molecule has 2 fully saturated rings. The molecule has 24 heavy (non-hydrogen) atoms. The van der Waals surface area contributed by atoms with E-state index in [4.69, 9.17) is 5.73 Å². The van der Waals surface area contributed by atoms with Gasteiger partial charge in [0.25, 0.3) is 5.91 Å². The van der Waals surface area contributed by atoms with Crippen molar-refractivity contribution in [2.75, 3.05) is 51.2 Å². The minimum Gasteiger partial charge on any atom is -0.369 e. The van der Waals surface area contributed by atoms with Crippen LogP contribution in [0, 0.1) is 5.92 Å². The monoisotopic (exact) mass is 331 g/mol. The maximum absolute atomic E-state index is 12.9. The van der Waals surface area contributed by atoms with Crippen LogP contribution in [0.25, 0.3) is 0 Å². The molecule has 2 N–H and O–H groups in total. The van der Waals surface area contributed by atoms with E-state index in [1.807, 2.05) is 18.0 Å². The zero-order valence-electron chi connectivity index (χ0n) is 14.1. The lowest BCUT2D eigenvalue weighted by Crippen LogP contribution is -2.40. The molecule has 0 radical (unpaired) electrons. The van der Waals surface area contributed by atoms with Crippen LogP contribution in [-0.2, 0) is 4.79 Å². The van der Waals surface area contributed by atoms with E-state index in [0.717, 1.165) is 25.5 Å². The Hall–Kier alpha value is -2.15. The minimum absolute atomic E-state index is 0.0561. The molecular weight excluding hydrogens is 306 g/mol. The van der Waals surface area contributed by atoms with Crippen molar-refractivity contribution in [3.63, 3.8) is 0 Å². The number of nitrogens with two attached hydrogens (primary N) is 1. The number of nitrogens with zero attached hydrogens (tertiary/aromatic N) is 4. The normalized spacial score (nSPS) is 22.5. The molecule has 1 atom stereocenters.